The first-order valence-electron chi connectivity index (χ1n) is 6.48. The second-order valence-corrected chi connectivity index (χ2v) is 4.58. The minimum absolute atomic E-state index is 0.0661. The van der Waals surface area contributed by atoms with Crippen molar-refractivity contribution in [2.75, 3.05) is 37.9 Å². The number of hydrogen-bond acceptors (Lipinski definition) is 5. The number of ether oxygens (including phenoxy) is 2. The van der Waals surface area contributed by atoms with Crippen molar-refractivity contribution in [3.63, 3.8) is 0 Å². The van der Waals surface area contributed by atoms with Crippen molar-refractivity contribution in [3.8, 4) is 0 Å². The summed E-state index contributed by atoms with van der Waals surface area (Å²) >= 11 is 0. The monoisotopic (exact) mass is 284 g/mol. The molecule has 0 aliphatic carbocycles. The van der Waals surface area contributed by atoms with E-state index in [9.17, 15) is 9.18 Å². The number of nitrogens with one attached hydrogen (secondary N) is 1. The number of rotatable bonds is 7. The maximum Gasteiger partial charge on any atom is 0.340 e. The van der Waals surface area contributed by atoms with E-state index in [-0.39, 0.29) is 29.5 Å². The van der Waals surface area contributed by atoms with Crippen LogP contribution in [0.3, 0.4) is 0 Å². The first-order valence-corrected chi connectivity index (χ1v) is 6.48. The van der Waals surface area contributed by atoms with E-state index in [1.807, 2.05) is 6.92 Å². The van der Waals surface area contributed by atoms with Crippen LogP contribution in [-0.2, 0) is 9.47 Å². The number of halogens is 1. The molecular formula is C14H21FN2O3. The van der Waals surface area contributed by atoms with E-state index in [1.165, 1.54) is 6.07 Å². The molecule has 0 bridgehead atoms. The average molecular weight is 284 g/mol. The molecule has 0 aliphatic heterocycles. The molecular weight excluding hydrogens is 263 g/mol. The highest BCUT2D eigenvalue weighted by atomic mass is 19.1. The Balaban J connectivity index is 2.85. The molecule has 112 valence electrons. The standard InChI is InChI=1S/C14H21FN2O3/c1-4-20-14(18)10-5-13(11(15)6-12(10)16)17-7-9(2)8-19-3/h5-6,9,17H,4,7-8,16H2,1-3H3. The van der Waals surface area contributed by atoms with Gasteiger partial charge in [-0.1, -0.05) is 6.92 Å². The summed E-state index contributed by atoms with van der Waals surface area (Å²) in [5, 5.41) is 2.94. The maximum absolute atomic E-state index is 13.8. The van der Waals surface area contributed by atoms with Crippen molar-refractivity contribution in [3.05, 3.63) is 23.5 Å². The number of nitrogens with two attached hydrogens (primary N) is 1. The van der Waals surface area contributed by atoms with Gasteiger partial charge in [0, 0.05) is 19.3 Å². The SMILES string of the molecule is CCOC(=O)c1cc(NCC(C)COC)c(F)cc1N. The predicted molar refractivity (Wildman–Crippen MR) is 76.3 cm³/mol. The lowest BCUT2D eigenvalue weighted by atomic mass is 10.1. The number of esters is 1. The molecule has 0 heterocycles. The number of benzene rings is 1. The van der Waals surface area contributed by atoms with Crippen molar-refractivity contribution >= 4 is 17.3 Å². The third kappa shape index (κ3) is 4.38. The highest BCUT2D eigenvalue weighted by Crippen LogP contribution is 2.23. The molecule has 1 aromatic rings. The summed E-state index contributed by atoms with van der Waals surface area (Å²) in [6.07, 6.45) is 0. The van der Waals surface area contributed by atoms with Gasteiger partial charge in [0.2, 0.25) is 0 Å². The lowest BCUT2D eigenvalue weighted by Crippen LogP contribution is -2.17. The largest absolute Gasteiger partial charge is 0.462 e. The van der Waals surface area contributed by atoms with Crippen molar-refractivity contribution in [2.24, 2.45) is 5.92 Å². The van der Waals surface area contributed by atoms with Crippen molar-refractivity contribution in [1.29, 1.82) is 0 Å². The highest BCUT2D eigenvalue weighted by Gasteiger charge is 2.15. The molecule has 5 nitrogen and oxygen atoms in total. The number of hydrogen-bond donors (Lipinski definition) is 2. The van der Waals surface area contributed by atoms with Crippen LogP contribution in [0.15, 0.2) is 12.1 Å². The van der Waals surface area contributed by atoms with Crippen LogP contribution in [0, 0.1) is 11.7 Å². The molecule has 0 aliphatic rings. The summed E-state index contributed by atoms with van der Waals surface area (Å²) in [6.45, 7) is 5.00. The Morgan fingerprint density at radius 2 is 2.20 bits per heavy atom. The van der Waals surface area contributed by atoms with E-state index in [0.29, 0.717) is 13.2 Å². The summed E-state index contributed by atoms with van der Waals surface area (Å²) in [7, 11) is 1.61. The van der Waals surface area contributed by atoms with Crippen LogP contribution in [0.2, 0.25) is 0 Å². The zero-order valence-corrected chi connectivity index (χ0v) is 12.0. The van der Waals surface area contributed by atoms with Gasteiger partial charge in [0.1, 0.15) is 5.82 Å². The molecule has 0 spiro atoms. The van der Waals surface area contributed by atoms with Crippen molar-refractivity contribution in [1.82, 2.24) is 0 Å². The number of carbonyl (C=O) groups is 1. The smallest absolute Gasteiger partial charge is 0.340 e. The minimum Gasteiger partial charge on any atom is -0.462 e. The molecule has 0 aromatic heterocycles. The van der Waals surface area contributed by atoms with Gasteiger partial charge in [-0.2, -0.15) is 0 Å². The van der Waals surface area contributed by atoms with Gasteiger partial charge >= 0.3 is 5.97 Å². The lowest BCUT2D eigenvalue weighted by molar-refractivity contribution is 0.0527. The summed E-state index contributed by atoms with van der Waals surface area (Å²) in [5.74, 6) is -0.846. The number of carbonyl (C=O) groups excluding carboxylic acids is 1. The fourth-order valence-corrected chi connectivity index (χ4v) is 1.74. The number of methoxy groups -OCH3 is 1. The number of nitrogen functional groups attached to an aromatic ring is 1. The Hall–Kier alpha value is -1.82. The van der Waals surface area contributed by atoms with Crippen LogP contribution < -0.4 is 11.1 Å². The minimum atomic E-state index is -0.557. The molecule has 0 amide bonds. The molecule has 3 N–H and O–H groups in total. The Labute approximate surface area is 118 Å². The Morgan fingerprint density at radius 3 is 2.80 bits per heavy atom. The Kier molecular flexibility index (Phi) is 6.24. The fraction of sp³-hybridized carbons (Fsp3) is 0.500. The topological polar surface area (TPSA) is 73.6 Å². The summed E-state index contributed by atoms with van der Waals surface area (Å²) in [4.78, 5) is 11.7. The van der Waals surface area contributed by atoms with Crippen LogP contribution in [0.5, 0.6) is 0 Å². The normalized spacial score (nSPS) is 12.0. The molecule has 0 fully saturated rings. The average Bonchev–Trinajstić information content (AvgIpc) is 2.38. The summed E-state index contributed by atoms with van der Waals surface area (Å²) < 4.78 is 23.7. The predicted octanol–water partition coefficient (Wildman–Crippen LogP) is 2.28. The zero-order valence-electron chi connectivity index (χ0n) is 12.0. The molecule has 1 aromatic carbocycles. The van der Waals surface area contributed by atoms with Crippen LogP contribution in [0.1, 0.15) is 24.2 Å². The van der Waals surface area contributed by atoms with Gasteiger partial charge in [-0.15, -0.1) is 0 Å². The molecule has 1 unspecified atom stereocenters. The Bertz CT molecular complexity index is 466. The second-order valence-electron chi connectivity index (χ2n) is 4.58. The van der Waals surface area contributed by atoms with E-state index >= 15 is 0 Å². The summed E-state index contributed by atoms with van der Waals surface area (Å²) in [5.41, 5.74) is 6.09. The second kappa shape index (κ2) is 7.69. The van der Waals surface area contributed by atoms with Crippen LogP contribution in [-0.4, -0.2) is 32.8 Å². The van der Waals surface area contributed by atoms with Crippen LogP contribution in [0.25, 0.3) is 0 Å². The van der Waals surface area contributed by atoms with E-state index in [2.05, 4.69) is 5.32 Å². The van der Waals surface area contributed by atoms with Gasteiger partial charge in [0.25, 0.3) is 0 Å². The molecule has 20 heavy (non-hydrogen) atoms. The maximum atomic E-state index is 13.8. The number of anilines is 2. The molecule has 1 atom stereocenters. The quantitative estimate of drug-likeness (QED) is 0.593. The van der Waals surface area contributed by atoms with Gasteiger partial charge in [-0.3, -0.25) is 0 Å². The van der Waals surface area contributed by atoms with Gasteiger partial charge in [0.15, 0.2) is 0 Å². The van der Waals surface area contributed by atoms with Crippen LogP contribution in [0.4, 0.5) is 15.8 Å². The molecule has 1 rings (SSSR count). The zero-order chi connectivity index (χ0) is 15.1. The van der Waals surface area contributed by atoms with E-state index in [1.54, 1.807) is 14.0 Å². The van der Waals surface area contributed by atoms with Crippen molar-refractivity contribution in [2.45, 2.75) is 13.8 Å². The fourth-order valence-electron chi connectivity index (χ4n) is 1.74. The van der Waals surface area contributed by atoms with Crippen molar-refractivity contribution < 1.29 is 18.7 Å². The third-order valence-electron chi connectivity index (χ3n) is 2.73. The van der Waals surface area contributed by atoms with Gasteiger partial charge < -0.3 is 20.5 Å². The first kappa shape index (κ1) is 16.2. The highest BCUT2D eigenvalue weighted by molar-refractivity contribution is 5.96. The van der Waals surface area contributed by atoms with Gasteiger partial charge in [0.05, 0.1) is 24.5 Å². The molecule has 0 saturated heterocycles. The van der Waals surface area contributed by atoms with E-state index in [4.69, 9.17) is 15.2 Å². The van der Waals surface area contributed by atoms with Gasteiger partial charge in [-0.25, -0.2) is 9.18 Å². The first-order chi connectivity index (χ1) is 9.49. The molecule has 6 heteroatoms. The van der Waals surface area contributed by atoms with Crippen LogP contribution >= 0.6 is 0 Å². The van der Waals surface area contributed by atoms with Gasteiger partial charge in [-0.05, 0) is 25.0 Å². The van der Waals surface area contributed by atoms with E-state index < -0.39 is 11.8 Å². The Morgan fingerprint density at radius 1 is 1.50 bits per heavy atom. The lowest BCUT2D eigenvalue weighted by Gasteiger charge is -2.15. The molecule has 0 saturated carbocycles. The van der Waals surface area contributed by atoms with E-state index in [0.717, 1.165) is 6.07 Å². The summed E-state index contributed by atoms with van der Waals surface area (Å²) in [6, 6.07) is 2.50. The third-order valence-corrected chi connectivity index (χ3v) is 2.73. The molecule has 0 radical (unpaired) electrons.